The van der Waals surface area contributed by atoms with Crippen molar-refractivity contribution >= 4 is 11.6 Å². The molecule has 1 aromatic rings. The minimum Gasteiger partial charge on any atom is -0.341 e. The summed E-state index contributed by atoms with van der Waals surface area (Å²) in [6, 6.07) is 1.47. The van der Waals surface area contributed by atoms with Crippen LogP contribution in [0.2, 0.25) is 0 Å². The second-order valence-electron chi connectivity index (χ2n) is 5.35. The maximum absolute atomic E-state index is 14.0. The molecule has 0 radical (unpaired) electrons. The molecule has 1 aliphatic rings. The summed E-state index contributed by atoms with van der Waals surface area (Å²) >= 11 is 0. The summed E-state index contributed by atoms with van der Waals surface area (Å²) < 4.78 is 27.7. The first-order valence-electron chi connectivity index (χ1n) is 6.79. The van der Waals surface area contributed by atoms with Crippen molar-refractivity contribution in [2.45, 2.75) is 25.7 Å². The minimum absolute atomic E-state index is 0.323. The van der Waals surface area contributed by atoms with E-state index in [0.29, 0.717) is 12.5 Å². The van der Waals surface area contributed by atoms with Crippen molar-refractivity contribution in [1.82, 2.24) is 4.90 Å². The number of rotatable bonds is 4. The van der Waals surface area contributed by atoms with E-state index in [1.54, 1.807) is 0 Å². The van der Waals surface area contributed by atoms with Crippen LogP contribution in [0.4, 0.5) is 14.5 Å². The first-order valence-corrected chi connectivity index (χ1v) is 6.79. The number of nitro groups is 1. The molecule has 5 nitrogen and oxygen atoms in total. The topological polar surface area (TPSA) is 63.5 Å². The SMILES string of the molecule is CN(CC1CCCC1)C(=O)c1c(F)ccc([N+](=O)[O-])c1F. The summed E-state index contributed by atoms with van der Waals surface area (Å²) in [7, 11) is 1.46. The number of amides is 1. The Morgan fingerprint density at radius 2 is 2.00 bits per heavy atom. The van der Waals surface area contributed by atoms with Crippen LogP contribution in [-0.4, -0.2) is 29.3 Å². The third kappa shape index (κ3) is 3.17. The first kappa shape index (κ1) is 15.3. The Kier molecular flexibility index (Phi) is 4.50. The predicted molar refractivity (Wildman–Crippen MR) is 71.9 cm³/mol. The molecule has 1 aromatic carbocycles. The number of nitro benzene ring substituents is 1. The second-order valence-corrected chi connectivity index (χ2v) is 5.35. The molecule has 2 rings (SSSR count). The number of hydrogen-bond acceptors (Lipinski definition) is 3. The van der Waals surface area contributed by atoms with Crippen LogP contribution in [-0.2, 0) is 0 Å². The largest absolute Gasteiger partial charge is 0.341 e. The molecule has 1 fully saturated rings. The molecule has 0 N–H and O–H groups in total. The Balaban J connectivity index is 2.25. The van der Waals surface area contributed by atoms with Crippen LogP contribution in [0.25, 0.3) is 0 Å². The molecule has 1 saturated carbocycles. The highest BCUT2D eigenvalue weighted by atomic mass is 19.1. The summed E-state index contributed by atoms with van der Waals surface area (Å²) in [6.45, 7) is 0.403. The fraction of sp³-hybridized carbons (Fsp3) is 0.500. The van der Waals surface area contributed by atoms with Gasteiger partial charge in [0, 0.05) is 19.7 Å². The Hall–Kier alpha value is -2.05. The molecule has 0 atom stereocenters. The molecule has 0 bridgehead atoms. The second kappa shape index (κ2) is 6.15. The normalized spacial score (nSPS) is 15.2. The fourth-order valence-corrected chi connectivity index (χ4v) is 2.73. The number of benzene rings is 1. The smallest absolute Gasteiger partial charge is 0.305 e. The van der Waals surface area contributed by atoms with Crippen LogP contribution in [0.5, 0.6) is 0 Å². The van der Waals surface area contributed by atoms with Crippen LogP contribution >= 0.6 is 0 Å². The lowest BCUT2D eigenvalue weighted by atomic mass is 10.1. The molecule has 0 spiro atoms. The van der Waals surface area contributed by atoms with Gasteiger partial charge in [-0.1, -0.05) is 12.8 Å². The fourth-order valence-electron chi connectivity index (χ4n) is 2.73. The third-order valence-corrected chi connectivity index (χ3v) is 3.83. The van der Waals surface area contributed by atoms with E-state index in [4.69, 9.17) is 0 Å². The summed E-state index contributed by atoms with van der Waals surface area (Å²) in [5.74, 6) is -3.03. The maximum Gasteiger partial charge on any atom is 0.305 e. The minimum atomic E-state index is -1.41. The van der Waals surface area contributed by atoms with Gasteiger partial charge in [-0.05, 0) is 24.8 Å². The highest BCUT2D eigenvalue weighted by molar-refractivity contribution is 5.95. The standard InChI is InChI=1S/C14H16F2N2O3/c1-17(8-9-4-2-3-5-9)14(19)12-10(15)6-7-11(13(12)16)18(20)21/h6-7,9H,2-5,8H2,1H3. The van der Waals surface area contributed by atoms with Crippen LogP contribution in [0.3, 0.4) is 0 Å². The average Bonchev–Trinajstić information content (AvgIpc) is 2.90. The van der Waals surface area contributed by atoms with Crippen LogP contribution < -0.4 is 0 Å². The van der Waals surface area contributed by atoms with E-state index in [0.717, 1.165) is 37.8 Å². The van der Waals surface area contributed by atoms with Crippen molar-refractivity contribution in [3.8, 4) is 0 Å². The van der Waals surface area contributed by atoms with Crippen molar-refractivity contribution in [3.63, 3.8) is 0 Å². The van der Waals surface area contributed by atoms with Crippen LogP contribution in [0.15, 0.2) is 12.1 Å². The highest BCUT2D eigenvalue weighted by Crippen LogP contribution is 2.27. The molecule has 21 heavy (non-hydrogen) atoms. The van der Waals surface area contributed by atoms with Crippen LogP contribution in [0, 0.1) is 27.7 Å². The first-order chi connectivity index (χ1) is 9.91. The van der Waals surface area contributed by atoms with Gasteiger partial charge in [-0.15, -0.1) is 0 Å². The molecule has 0 unspecified atom stereocenters. The Bertz CT molecular complexity index is 572. The average molecular weight is 298 g/mol. The molecule has 1 amide bonds. The van der Waals surface area contributed by atoms with Crippen molar-refractivity contribution in [2.75, 3.05) is 13.6 Å². The van der Waals surface area contributed by atoms with Gasteiger partial charge in [0.2, 0.25) is 5.82 Å². The summed E-state index contributed by atoms with van der Waals surface area (Å²) in [5, 5.41) is 10.7. The lowest BCUT2D eigenvalue weighted by Crippen LogP contribution is -2.32. The van der Waals surface area contributed by atoms with E-state index in [2.05, 4.69) is 0 Å². The van der Waals surface area contributed by atoms with Gasteiger partial charge in [0.1, 0.15) is 11.4 Å². The van der Waals surface area contributed by atoms with Gasteiger partial charge < -0.3 is 4.90 Å². The molecular weight excluding hydrogens is 282 g/mol. The van der Waals surface area contributed by atoms with Crippen molar-refractivity contribution in [1.29, 1.82) is 0 Å². The van der Waals surface area contributed by atoms with Gasteiger partial charge in [-0.3, -0.25) is 14.9 Å². The zero-order valence-corrected chi connectivity index (χ0v) is 11.6. The predicted octanol–water partition coefficient (Wildman–Crippen LogP) is 3.14. The Morgan fingerprint density at radius 3 is 2.57 bits per heavy atom. The third-order valence-electron chi connectivity index (χ3n) is 3.83. The highest BCUT2D eigenvalue weighted by Gasteiger charge is 2.29. The summed E-state index contributed by atoms with van der Waals surface area (Å²) in [4.78, 5) is 23.1. The number of nitrogens with zero attached hydrogens (tertiary/aromatic N) is 2. The lowest BCUT2D eigenvalue weighted by Gasteiger charge is -2.21. The number of carbonyl (C=O) groups excluding carboxylic acids is 1. The van der Waals surface area contributed by atoms with Crippen molar-refractivity contribution in [3.05, 3.63) is 39.4 Å². The van der Waals surface area contributed by atoms with Gasteiger partial charge in [0.25, 0.3) is 5.91 Å². The Morgan fingerprint density at radius 1 is 1.38 bits per heavy atom. The van der Waals surface area contributed by atoms with E-state index in [1.165, 1.54) is 11.9 Å². The summed E-state index contributed by atoms with van der Waals surface area (Å²) in [5.41, 5.74) is -1.75. The van der Waals surface area contributed by atoms with Gasteiger partial charge in [-0.25, -0.2) is 4.39 Å². The van der Waals surface area contributed by atoms with Gasteiger partial charge in [-0.2, -0.15) is 4.39 Å². The lowest BCUT2D eigenvalue weighted by molar-refractivity contribution is -0.387. The molecular formula is C14H16F2N2O3. The molecule has 0 saturated heterocycles. The maximum atomic E-state index is 14.0. The van der Waals surface area contributed by atoms with E-state index >= 15 is 0 Å². The van der Waals surface area contributed by atoms with Gasteiger partial charge in [0.15, 0.2) is 0 Å². The molecule has 1 aliphatic carbocycles. The molecule has 0 aliphatic heterocycles. The molecule has 0 heterocycles. The van der Waals surface area contributed by atoms with Gasteiger partial charge in [0.05, 0.1) is 4.92 Å². The van der Waals surface area contributed by atoms with Crippen molar-refractivity contribution < 1.29 is 18.5 Å². The quantitative estimate of drug-likeness (QED) is 0.633. The van der Waals surface area contributed by atoms with Gasteiger partial charge >= 0.3 is 5.69 Å². The van der Waals surface area contributed by atoms with Crippen molar-refractivity contribution in [2.24, 2.45) is 5.92 Å². The monoisotopic (exact) mass is 298 g/mol. The van der Waals surface area contributed by atoms with E-state index in [9.17, 15) is 23.7 Å². The molecule has 114 valence electrons. The van der Waals surface area contributed by atoms with E-state index < -0.39 is 33.7 Å². The van der Waals surface area contributed by atoms with Crippen LogP contribution in [0.1, 0.15) is 36.0 Å². The zero-order valence-electron chi connectivity index (χ0n) is 11.6. The van der Waals surface area contributed by atoms with E-state index in [1.807, 2.05) is 0 Å². The number of carbonyl (C=O) groups is 1. The molecule has 7 heteroatoms. The summed E-state index contributed by atoms with van der Waals surface area (Å²) in [6.07, 6.45) is 4.15. The Labute approximate surface area is 120 Å². The molecule has 0 aromatic heterocycles. The number of halogens is 2. The number of hydrogen-bond donors (Lipinski definition) is 0. The zero-order chi connectivity index (χ0) is 15.6. The van der Waals surface area contributed by atoms with E-state index in [-0.39, 0.29) is 0 Å².